The summed E-state index contributed by atoms with van der Waals surface area (Å²) in [5.74, 6) is -0.299. The molecule has 0 aliphatic carbocycles. The Morgan fingerprint density at radius 1 is 1.32 bits per heavy atom. The maximum Gasteiger partial charge on any atom is 0.262 e. The molecule has 0 N–H and O–H groups in total. The first-order valence-corrected chi connectivity index (χ1v) is 8.19. The number of rotatable bonds is 2. The predicted octanol–water partition coefficient (Wildman–Crippen LogP) is 2.41. The van der Waals surface area contributed by atoms with E-state index in [0.717, 1.165) is 12.0 Å². The molecular formula is C13H14ClNO3S. The Balaban J connectivity index is 2.38. The molecule has 0 radical (unpaired) electrons. The molecule has 1 amide bonds. The molecular weight excluding hydrogens is 286 g/mol. The van der Waals surface area contributed by atoms with E-state index < -0.39 is 9.05 Å². The summed E-state index contributed by atoms with van der Waals surface area (Å²) < 4.78 is 23.0. The summed E-state index contributed by atoms with van der Waals surface area (Å²) in [4.78, 5) is 13.9. The zero-order chi connectivity index (χ0) is 14.0. The van der Waals surface area contributed by atoms with Crippen LogP contribution in [0.5, 0.6) is 0 Å². The Kier molecular flexibility index (Phi) is 3.96. The number of halogens is 1. The molecule has 0 saturated heterocycles. The Labute approximate surface area is 117 Å². The van der Waals surface area contributed by atoms with Gasteiger partial charge in [-0.15, -0.1) is 0 Å². The molecule has 4 nitrogen and oxygen atoms in total. The van der Waals surface area contributed by atoms with Crippen molar-refractivity contribution in [3.8, 4) is 0 Å². The molecule has 1 aliphatic rings. The molecule has 0 fully saturated rings. The largest absolute Gasteiger partial charge is 0.334 e. The van der Waals surface area contributed by atoms with Gasteiger partial charge in [-0.05, 0) is 25.5 Å². The highest BCUT2D eigenvalue weighted by Gasteiger charge is 2.24. The summed E-state index contributed by atoms with van der Waals surface area (Å²) in [5.41, 5.74) is 1.23. The SMILES string of the molecule is CC1=CCCN(C(=O)c2ccccc2S(=O)(=O)Cl)C1. The summed E-state index contributed by atoms with van der Waals surface area (Å²) in [6.45, 7) is 3.06. The van der Waals surface area contributed by atoms with Crippen molar-refractivity contribution >= 4 is 25.6 Å². The van der Waals surface area contributed by atoms with E-state index in [2.05, 4.69) is 6.08 Å². The first-order valence-electron chi connectivity index (χ1n) is 5.88. The predicted molar refractivity (Wildman–Crippen MR) is 73.8 cm³/mol. The average molecular weight is 300 g/mol. The van der Waals surface area contributed by atoms with Crippen molar-refractivity contribution in [1.82, 2.24) is 4.90 Å². The van der Waals surface area contributed by atoms with Crippen LogP contribution in [0, 0.1) is 0 Å². The molecule has 102 valence electrons. The molecule has 6 heteroatoms. The lowest BCUT2D eigenvalue weighted by atomic mass is 10.1. The van der Waals surface area contributed by atoms with Crippen LogP contribution >= 0.6 is 10.7 Å². The van der Waals surface area contributed by atoms with Crippen LogP contribution < -0.4 is 0 Å². The lowest BCUT2D eigenvalue weighted by Crippen LogP contribution is -2.36. The van der Waals surface area contributed by atoms with E-state index in [1.807, 2.05) is 6.92 Å². The van der Waals surface area contributed by atoms with Crippen LogP contribution in [-0.4, -0.2) is 32.3 Å². The molecule has 2 rings (SSSR count). The zero-order valence-electron chi connectivity index (χ0n) is 10.5. The molecule has 0 aromatic heterocycles. The Morgan fingerprint density at radius 3 is 2.63 bits per heavy atom. The van der Waals surface area contributed by atoms with Crippen LogP contribution in [0.2, 0.25) is 0 Å². The van der Waals surface area contributed by atoms with Gasteiger partial charge in [0, 0.05) is 23.8 Å². The minimum atomic E-state index is -3.92. The van der Waals surface area contributed by atoms with E-state index in [9.17, 15) is 13.2 Å². The van der Waals surface area contributed by atoms with Crippen LogP contribution in [0.3, 0.4) is 0 Å². The van der Waals surface area contributed by atoms with E-state index in [1.165, 1.54) is 12.1 Å². The smallest absolute Gasteiger partial charge is 0.262 e. The number of benzene rings is 1. The molecule has 0 atom stereocenters. The second-order valence-electron chi connectivity index (χ2n) is 4.50. The number of hydrogen-bond acceptors (Lipinski definition) is 3. The number of hydrogen-bond donors (Lipinski definition) is 0. The van der Waals surface area contributed by atoms with Crippen LogP contribution in [0.25, 0.3) is 0 Å². The van der Waals surface area contributed by atoms with E-state index in [1.54, 1.807) is 17.0 Å². The molecule has 1 aliphatic heterocycles. The molecule has 1 aromatic rings. The topological polar surface area (TPSA) is 54.5 Å². The zero-order valence-corrected chi connectivity index (χ0v) is 12.0. The summed E-state index contributed by atoms with van der Waals surface area (Å²) in [6.07, 6.45) is 2.86. The Morgan fingerprint density at radius 2 is 2.00 bits per heavy atom. The first-order chi connectivity index (χ1) is 8.89. The molecule has 1 aromatic carbocycles. The van der Waals surface area contributed by atoms with Gasteiger partial charge in [-0.1, -0.05) is 23.8 Å². The molecule has 0 spiro atoms. The summed E-state index contributed by atoms with van der Waals surface area (Å²) >= 11 is 0. The minimum Gasteiger partial charge on any atom is -0.334 e. The van der Waals surface area contributed by atoms with E-state index in [-0.39, 0.29) is 16.4 Å². The van der Waals surface area contributed by atoms with Crippen molar-refractivity contribution in [2.75, 3.05) is 13.1 Å². The Bertz CT molecular complexity index is 637. The van der Waals surface area contributed by atoms with Gasteiger partial charge in [-0.2, -0.15) is 0 Å². The van der Waals surface area contributed by atoms with E-state index in [0.29, 0.717) is 13.1 Å². The maximum atomic E-state index is 12.4. The molecule has 0 unspecified atom stereocenters. The monoisotopic (exact) mass is 299 g/mol. The fraction of sp³-hybridized carbons (Fsp3) is 0.308. The number of carbonyl (C=O) groups excluding carboxylic acids is 1. The highest BCUT2D eigenvalue weighted by molar-refractivity contribution is 8.13. The van der Waals surface area contributed by atoms with Crippen molar-refractivity contribution in [3.63, 3.8) is 0 Å². The number of nitrogens with zero attached hydrogens (tertiary/aromatic N) is 1. The van der Waals surface area contributed by atoms with Gasteiger partial charge in [0.05, 0.1) is 10.5 Å². The lowest BCUT2D eigenvalue weighted by molar-refractivity contribution is 0.0762. The van der Waals surface area contributed by atoms with Gasteiger partial charge in [0.2, 0.25) is 0 Å². The maximum absolute atomic E-state index is 12.4. The number of amides is 1. The molecule has 0 saturated carbocycles. The third kappa shape index (κ3) is 3.16. The van der Waals surface area contributed by atoms with Crippen molar-refractivity contribution in [1.29, 1.82) is 0 Å². The second kappa shape index (κ2) is 5.35. The van der Waals surface area contributed by atoms with Crippen molar-refractivity contribution in [2.24, 2.45) is 0 Å². The summed E-state index contributed by atoms with van der Waals surface area (Å²) in [7, 11) is 1.44. The highest BCUT2D eigenvalue weighted by Crippen LogP contribution is 2.22. The van der Waals surface area contributed by atoms with Gasteiger partial charge in [-0.3, -0.25) is 4.79 Å². The van der Waals surface area contributed by atoms with Gasteiger partial charge < -0.3 is 4.90 Å². The minimum absolute atomic E-state index is 0.131. The molecule has 19 heavy (non-hydrogen) atoms. The lowest BCUT2D eigenvalue weighted by Gasteiger charge is -2.26. The summed E-state index contributed by atoms with van der Waals surface area (Å²) in [6, 6.07) is 6.02. The summed E-state index contributed by atoms with van der Waals surface area (Å²) in [5, 5.41) is 0. The average Bonchev–Trinajstić information content (AvgIpc) is 2.37. The fourth-order valence-corrected chi connectivity index (χ4v) is 3.17. The van der Waals surface area contributed by atoms with Crippen molar-refractivity contribution in [2.45, 2.75) is 18.2 Å². The number of carbonyl (C=O) groups is 1. The highest BCUT2D eigenvalue weighted by atomic mass is 35.7. The third-order valence-corrected chi connectivity index (χ3v) is 4.38. The van der Waals surface area contributed by atoms with Crippen molar-refractivity contribution in [3.05, 3.63) is 41.5 Å². The second-order valence-corrected chi connectivity index (χ2v) is 7.03. The van der Waals surface area contributed by atoms with Crippen LogP contribution in [0.15, 0.2) is 40.8 Å². The van der Waals surface area contributed by atoms with Gasteiger partial charge in [0.15, 0.2) is 0 Å². The third-order valence-electron chi connectivity index (χ3n) is 3.00. The molecule has 1 heterocycles. The standard InChI is InChI=1S/C13H14ClNO3S/c1-10-5-4-8-15(9-10)13(16)11-6-2-3-7-12(11)19(14,17)18/h2-3,5-7H,4,8-9H2,1H3. The van der Waals surface area contributed by atoms with Crippen molar-refractivity contribution < 1.29 is 13.2 Å². The van der Waals surface area contributed by atoms with Gasteiger partial charge >= 0.3 is 0 Å². The van der Waals surface area contributed by atoms with Gasteiger partial charge in [0.25, 0.3) is 15.0 Å². The quantitative estimate of drug-likeness (QED) is 0.622. The van der Waals surface area contributed by atoms with Crippen LogP contribution in [0.4, 0.5) is 0 Å². The van der Waals surface area contributed by atoms with Crippen LogP contribution in [0.1, 0.15) is 23.7 Å². The fourth-order valence-electron chi connectivity index (χ4n) is 2.11. The Hall–Kier alpha value is -1.33. The van der Waals surface area contributed by atoms with E-state index >= 15 is 0 Å². The van der Waals surface area contributed by atoms with Gasteiger partial charge in [0.1, 0.15) is 0 Å². The molecule has 0 bridgehead atoms. The van der Waals surface area contributed by atoms with E-state index in [4.69, 9.17) is 10.7 Å². The normalized spacial score (nSPS) is 16.1. The first kappa shape index (κ1) is 14.1. The van der Waals surface area contributed by atoms with Crippen LogP contribution in [-0.2, 0) is 9.05 Å². The van der Waals surface area contributed by atoms with Gasteiger partial charge in [-0.25, -0.2) is 8.42 Å².